The van der Waals surface area contributed by atoms with Gasteiger partial charge in [-0.3, -0.25) is 4.98 Å². The standard InChI is InChI=1S/C22H21Cl2N3O2S/c1-2-21-26-20-14-25-19-8-4-3-7-18(19)22(20)27(21)9-5-6-10-30(28,29)17-12-15(23)11-16(24)13-17/h3-4,7-8,11-14H,2,5-6,9-10H2,1H3. The highest BCUT2D eigenvalue weighted by Crippen LogP contribution is 2.26. The molecular formula is C22H21Cl2N3O2S. The summed E-state index contributed by atoms with van der Waals surface area (Å²) in [6.07, 6.45) is 3.84. The summed E-state index contributed by atoms with van der Waals surface area (Å²) in [7, 11) is -3.44. The van der Waals surface area contributed by atoms with E-state index in [-0.39, 0.29) is 10.6 Å². The Morgan fingerprint density at radius 1 is 1.00 bits per heavy atom. The van der Waals surface area contributed by atoms with Crippen LogP contribution in [0.15, 0.2) is 53.6 Å². The van der Waals surface area contributed by atoms with Crippen molar-refractivity contribution in [3.05, 3.63) is 64.5 Å². The third-order valence-electron chi connectivity index (χ3n) is 5.11. The predicted molar refractivity (Wildman–Crippen MR) is 122 cm³/mol. The number of pyridine rings is 1. The van der Waals surface area contributed by atoms with Crippen LogP contribution in [0.2, 0.25) is 10.0 Å². The Labute approximate surface area is 185 Å². The lowest BCUT2D eigenvalue weighted by Gasteiger charge is -2.10. The molecule has 0 atom stereocenters. The van der Waals surface area contributed by atoms with E-state index in [9.17, 15) is 8.42 Å². The Bertz CT molecular complexity index is 1310. The van der Waals surface area contributed by atoms with Gasteiger partial charge < -0.3 is 4.57 Å². The van der Waals surface area contributed by atoms with Gasteiger partial charge in [0.1, 0.15) is 11.3 Å². The number of fused-ring (bicyclic) bond motifs is 3. The van der Waals surface area contributed by atoms with Crippen LogP contribution in [0.3, 0.4) is 0 Å². The maximum absolute atomic E-state index is 12.7. The van der Waals surface area contributed by atoms with E-state index < -0.39 is 9.84 Å². The number of halogens is 2. The molecule has 0 fully saturated rings. The van der Waals surface area contributed by atoms with Crippen LogP contribution in [0, 0.1) is 0 Å². The fourth-order valence-electron chi connectivity index (χ4n) is 3.71. The third kappa shape index (κ3) is 4.17. The minimum Gasteiger partial charge on any atom is -0.327 e. The summed E-state index contributed by atoms with van der Waals surface area (Å²) < 4.78 is 27.5. The minimum atomic E-state index is -3.44. The molecular weight excluding hydrogens is 441 g/mol. The molecule has 8 heteroatoms. The highest BCUT2D eigenvalue weighted by Gasteiger charge is 2.17. The van der Waals surface area contributed by atoms with Gasteiger partial charge in [0.15, 0.2) is 9.84 Å². The number of para-hydroxylation sites is 1. The van der Waals surface area contributed by atoms with Crippen LogP contribution in [0.25, 0.3) is 21.9 Å². The van der Waals surface area contributed by atoms with Gasteiger partial charge in [-0.2, -0.15) is 0 Å². The van der Waals surface area contributed by atoms with Crippen LogP contribution in [0.5, 0.6) is 0 Å². The molecule has 156 valence electrons. The first-order chi connectivity index (χ1) is 14.4. The van der Waals surface area contributed by atoms with E-state index in [0.29, 0.717) is 29.4 Å². The van der Waals surface area contributed by atoms with Crippen molar-refractivity contribution in [2.75, 3.05) is 5.75 Å². The number of aryl methyl sites for hydroxylation is 2. The molecule has 4 aromatic rings. The Morgan fingerprint density at radius 2 is 1.73 bits per heavy atom. The second-order valence-electron chi connectivity index (χ2n) is 7.17. The highest BCUT2D eigenvalue weighted by molar-refractivity contribution is 7.91. The average Bonchev–Trinajstić information content (AvgIpc) is 3.08. The van der Waals surface area contributed by atoms with E-state index in [1.165, 1.54) is 18.2 Å². The maximum atomic E-state index is 12.7. The first-order valence-electron chi connectivity index (χ1n) is 9.81. The fourth-order valence-corrected chi connectivity index (χ4v) is 5.80. The number of benzene rings is 2. The van der Waals surface area contributed by atoms with Crippen molar-refractivity contribution in [2.24, 2.45) is 0 Å². The minimum absolute atomic E-state index is 0.0417. The molecule has 0 bridgehead atoms. The molecule has 2 heterocycles. The van der Waals surface area contributed by atoms with Gasteiger partial charge in [0, 0.05) is 28.4 Å². The molecule has 0 N–H and O–H groups in total. The number of sulfone groups is 1. The zero-order valence-corrected chi connectivity index (χ0v) is 18.8. The van der Waals surface area contributed by atoms with Crippen molar-refractivity contribution in [3.8, 4) is 0 Å². The molecule has 0 aliphatic rings. The molecule has 0 radical (unpaired) electrons. The highest BCUT2D eigenvalue weighted by atomic mass is 35.5. The smallest absolute Gasteiger partial charge is 0.178 e. The van der Waals surface area contributed by atoms with E-state index in [2.05, 4.69) is 22.5 Å². The Morgan fingerprint density at radius 3 is 2.47 bits per heavy atom. The zero-order chi connectivity index (χ0) is 21.3. The first-order valence-corrected chi connectivity index (χ1v) is 12.2. The number of hydrogen-bond acceptors (Lipinski definition) is 4. The van der Waals surface area contributed by atoms with Crippen molar-refractivity contribution in [1.82, 2.24) is 14.5 Å². The summed E-state index contributed by atoms with van der Waals surface area (Å²) in [5.41, 5.74) is 2.85. The zero-order valence-electron chi connectivity index (χ0n) is 16.5. The number of unbranched alkanes of at least 4 members (excludes halogenated alkanes) is 1. The molecule has 0 saturated heterocycles. The number of rotatable bonds is 7. The van der Waals surface area contributed by atoms with Crippen molar-refractivity contribution < 1.29 is 8.42 Å². The Hall–Kier alpha value is -2.15. The van der Waals surface area contributed by atoms with Crippen LogP contribution in [-0.4, -0.2) is 28.7 Å². The molecule has 0 saturated carbocycles. The number of hydrogen-bond donors (Lipinski definition) is 0. The van der Waals surface area contributed by atoms with Crippen molar-refractivity contribution in [3.63, 3.8) is 0 Å². The summed E-state index contributed by atoms with van der Waals surface area (Å²) in [5, 5.41) is 1.70. The molecule has 0 spiro atoms. The van der Waals surface area contributed by atoms with Gasteiger partial charge in [-0.15, -0.1) is 0 Å². The van der Waals surface area contributed by atoms with Crippen LogP contribution in [0.4, 0.5) is 0 Å². The van der Waals surface area contributed by atoms with Crippen LogP contribution in [-0.2, 0) is 22.8 Å². The lowest BCUT2D eigenvalue weighted by molar-refractivity contribution is 0.581. The molecule has 0 amide bonds. The SMILES string of the molecule is CCc1nc2cnc3ccccc3c2n1CCCCS(=O)(=O)c1cc(Cl)cc(Cl)c1. The Balaban J connectivity index is 1.54. The van der Waals surface area contributed by atoms with Crippen LogP contribution in [0.1, 0.15) is 25.6 Å². The summed E-state index contributed by atoms with van der Waals surface area (Å²) in [6.45, 7) is 2.76. The molecule has 2 aromatic heterocycles. The van der Waals surface area contributed by atoms with Crippen molar-refractivity contribution in [1.29, 1.82) is 0 Å². The van der Waals surface area contributed by atoms with Crippen molar-refractivity contribution in [2.45, 2.75) is 37.6 Å². The third-order valence-corrected chi connectivity index (χ3v) is 7.33. The second kappa shape index (κ2) is 8.53. The molecule has 0 aliphatic carbocycles. The predicted octanol–water partition coefficient (Wildman–Crippen LogP) is 5.71. The number of aromatic nitrogens is 3. The summed E-state index contributed by atoms with van der Waals surface area (Å²) >= 11 is 11.9. The number of imidazole rings is 1. The van der Waals surface area contributed by atoms with Gasteiger partial charge in [0.05, 0.1) is 27.9 Å². The molecule has 5 nitrogen and oxygen atoms in total. The maximum Gasteiger partial charge on any atom is 0.178 e. The van der Waals surface area contributed by atoms with Crippen LogP contribution >= 0.6 is 23.2 Å². The molecule has 2 aromatic carbocycles. The van der Waals surface area contributed by atoms with Crippen molar-refractivity contribution >= 4 is 55.0 Å². The van der Waals surface area contributed by atoms with E-state index in [1.807, 2.05) is 18.2 Å². The van der Waals surface area contributed by atoms with E-state index in [1.54, 1.807) is 6.20 Å². The topological polar surface area (TPSA) is 64.8 Å². The Kier molecular flexibility index (Phi) is 6.00. The molecule has 0 aliphatic heterocycles. The van der Waals surface area contributed by atoms with E-state index in [0.717, 1.165) is 34.2 Å². The van der Waals surface area contributed by atoms with Gasteiger partial charge >= 0.3 is 0 Å². The summed E-state index contributed by atoms with van der Waals surface area (Å²) in [5.74, 6) is 1.02. The van der Waals surface area contributed by atoms with Crippen LogP contribution < -0.4 is 0 Å². The number of nitrogens with zero attached hydrogens (tertiary/aromatic N) is 3. The first kappa shape index (κ1) is 21.1. The molecule has 4 rings (SSSR count). The average molecular weight is 462 g/mol. The fraction of sp³-hybridized carbons (Fsp3) is 0.273. The lowest BCUT2D eigenvalue weighted by Crippen LogP contribution is -2.09. The van der Waals surface area contributed by atoms with Gasteiger partial charge in [0.25, 0.3) is 0 Å². The molecule has 0 unspecified atom stereocenters. The van der Waals surface area contributed by atoms with E-state index >= 15 is 0 Å². The van der Waals surface area contributed by atoms with E-state index in [4.69, 9.17) is 28.2 Å². The summed E-state index contributed by atoms with van der Waals surface area (Å²) in [6, 6.07) is 12.4. The lowest BCUT2D eigenvalue weighted by atomic mass is 10.2. The quantitative estimate of drug-likeness (QED) is 0.330. The second-order valence-corrected chi connectivity index (χ2v) is 10.2. The molecule has 30 heavy (non-hydrogen) atoms. The normalized spacial score (nSPS) is 12.1. The van der Waals surface area contributed by atoms with Gasteiger partial charge in [-0.05, 0) is 37.1 Å². The van der Waals surface area contributed by atoms with Gasteiger partial charge in [-0.1, -0.05) is 48.3 Å². The largest absolute Gasteiger partial charge is 0.327 e. The monoisotopic (exact) mass is 461 g/mol. The van der Waals surface area contributed by atoms with Gasteiger partial charge in [-0.25, -0.2) is 13.4 Å². The summed E-state index contributed by atoms with van der Waals surface area (Å²) in [4.78, 5) is 9.39. The van der Waals surface area contributed by atoms with Gasteiger partial charge in [0.2, 0.25) is 0 Å².